The number of ether oxygens (including phenoxy) is 1. The Morgan fingerprint density at radius 3 is 2.93 bits per heavy atom. The molecule has 2 aliphatic heterocycles. The van der Waals surface area contributed by atoms with E-state index in [1.54, 1.807) is 7.11 Å². The molecule has 3 aliphatic rings. The van der Waals surface area contributed by atoms with Crippen LogP contribution in [0.3, 0.4) is 0 Å². The van der Waals surface area contributed by atoms with E-state index in [-0.39, 0.29) is 11.3 Å². The normalized spacial score (nSPS) is 24.7. The number of rotatable bonds is 5. The van der Waals surface area contributed by atoms with Crippen molar-refractivity contribution in [2.75, 3.05) is 44.8 Å². The molecule has 0 aromatic carbocycles. The largest absolute Gasteiger partial charge is 0.383 e. The Balaban J connectivity index is 1.59. The van der Waals surface area contributed by atoms with Crippen LogP contribution in [0.15, 0.2) is 6.07 Å². The van der Waals surface area contributed by atoms with E-state index in [0.29, 0.717) is 31.1 Å². The van der Waals surface area contributed by atoms with Gasteiger partial charge in [0.2, 0.25) is 5.91 Å². The maximum atomic E-state index is 13.2. The van der Waals surface area contributed by atoms with Crippen molar-refractivity contribution < 1.29 is 14.3 Å². The molecule has 2 amide bonds. The molecule has 1 aromatic rings. The van der Waals surface area contributed by atoms with Gasteiger partial charge >= 0.3 is 0 Å². The zero-order valence-electron chi connectivity index (χ0n) is 16.0. The number of aromatic nitrogens is 1. The van der Waals surface area contributed by atoms with Gasteiger partial charge in [0.15, 0.2) is 0 Å². The maximum Gasteiger partial charge on any atom is 0.252 e. The number of amides is 2. The molecule has 3 heterocycles. The Morgan fingerprint density at radius 1 is 1.30 bits per heavy atom. The van der Waals surface area contributed by atoms with E-state index in [4.69, 9.17) is 15.5 Å². The quantitative estimate of drug-likeness (QED) is 0.837. The summed E-state index contributed by atoms with van der Waals surface area (Å²) in [5.74, 6) is 0.446. The molecule has 4 rings (SSSR count). The maximum absolute atomic E-state index is 13.2. The third-order valence-electron chi connectivity index (χ3n) is 6.34. The van der Waals surface area contributed by atoms with Crippen LogP contribution >= 0.6 is 0 Å². The zero-order valence-corrected chi connectivity index (χ0v) is 16.0. The lowest BCUT2D eigenvalue weighted by Crippen LogP contribution is -2.51. The van der Waals surface area contributed by atoms with Crippen LogP contribution in [0.5, 0.6) is 0 Å². The number of aryl methyl sites for hydroxylation is 2. The Kier molecular flexibility index (Phi) is 4.80. The van der Waals surface area contributed by atoms with Gasteiger partial charge in [-0.1, -0.05) is 0 Å². The number of hydrogen-bond acceptors (Lipinski definition) is 5. The number of fused-ring (bicyclic) bond motifs is 1. The van der Waals surface area contributed by atoms with Gasteiger partial charge in [-0.2, -0.15) is 0 Å². The van der Waals surface area contributed by atoms with E-state index < -0.39 is 5.91 Å². The van der Waals surface area contributed by atoms with E-state index in [0.717, 1.165) is 62.9 Å². The Bertz CT molecular complexity index is 766. The van der Waals surface area contributed by atoms with Crippen LogP contribution in [-0.2, 0) is 22.4 Å². The molecule has 7 nitrogen and oxygen atoms in total. The summed E-state index contributed by atoms with van der Waals surface area (Å²) in [5, 5.41) is 0. The summed E-state index contributed by atoms with van der Waals surface area (Å²) in [6.07, 6.45) is 5.67. The minimum Gasteiger partial charge on any atom is -0.383 e. The molecular weight excluding hydrogens is 344 g/mol. The van der Waals surface area contributed by atoms with Gasteiger partial charge in [0.1, 0.15) is 5.82 Å². The predicted octanol–water partition coefficient (Wildman–Crippen LogP) is 1.13. The first kappa shape index (κ1) is 18.2. The van der Waals surface area contributed by atoms with Gasteiger partial charge in [-0.25, -0.2) is 4.98 Å². The molecule has 0 unspecified atom stereocenters. The van der Waals surface area contributed by atoms with Crippen molar-refractivity contribution in [1.82, 2.24) is 9.88 Å². The third kappa shape index (κ3) is 3.18. The molecular formula is C20H28N4O3. The number of primary amides is 1. The fraction of sp³-hybridized carbons (Fsp3) is 0.650. The minimum atomic E-state index is -0.440. The molecule has 27 heavy (non-hydrogen) atoms. The Morgan fingerprint density at radius 2 is 2.15 bits per heavy atom. The molecule has 1 atom stereocenters. The molecule has 146 valence electrons. The van der Waals surface area contributed by atoms with Crippen LogP contribution in [0, 0.1) is 5.41 Å². The minimum absolute atomic E-state index is 0.218. The van der Waals surface area contributed by atoms with Crippen LogP contribution in [0.1, 0.15) is 47.3 Å². The van der Waals surface area contributed by atoms with Crippen LogP contribution in [-0.4, -0.2) is 61.6 Å². The number of hydrogen-bond donors (Lipinski definition) is 1. The summed E-state index contributed by atoms with van der Waals surface area (Å²) in [5.41, 5.74) is 7.99. The van der Waals surface area contributed by atoms with Crippen molar-refractivity contribution >= 4 is 17.6 Å². The molecule has 7 heteroatoms. The average Bonchev–Trinajstić information content (AvgIpc) is 3.29. The first-order valence-corrected chi connectivity index (χ1v) is 9.90. The number of methoxy groups -OCH3 is 1. The van der Waals surface area contributed by atoms with Gasteiger partial charge in [0.25, 0.3) is 5.91 Å². The first-order chi connectivity index (χ1) is 13.0. The standard InChI is InChI=1S/C20H28N4O3/c1-27-11-10-23-8-3-6-20(19(23)26)7-9-24(13-20)18-15(17(21)25)12-14-4-2-5-16(14)22-18/h12H,2-11,13H2,1H3,(H2,21,25)/t20-/m0/s1. The summed E-state index contributed by atoms with van der Waals surface area (Å²) >= 11 is 0. The Hall–Kier alpha value is -2.15. The van der Waals surface area contributed by atoms with Gasteiger partial charge in [-0.15, -0.1) is 0 Å². The second kappa shape index (κ2) is 7.11. The summed E-state index contributed by atoms with van der Waals surface area (Å²) in [6.45, 7) is 3.34. The van der Waals surface area contributed by atoms with Crippen LogP contribution in [0.2, 0.25) is 0 Å². The monoisotopic (exact) mass is 372 g/mol. The van der Waals surface area contributed by atoms with E-state index in [2.05, 4.69) is 4.90 Å². The van der Waals surface area contributed by atoms with Gasteiger partial charge in [-0.3, -0.25) is 9.59 Å². The highest BCUT2D eigenvalue weighted by Crippen LogP contribution is 2.42. The molecule has 1 aromatic heterocycles. The number of nitrogens with zero attached hydrogens (tertiary/aromatic N) is 3. The smallest absolute Gasteiger partial charge is 0.252 e. The highest BCUT2D eigenvalue weighted by atomic mass is 16.5. The number of anilines is 1. The molecule has 0 bridgehead atoms. The van der Waals surface area contributed by atoms with Gasteiger partial charge in [0, 0.05) is 39.0 Å². The number of likely N-dealkylation sites (tertiary alicyclic amines) is 1. The fourth-order valence-corrected chi connectivity index (χ4v) is 4.88. The molecule has 2 saturated heterocycles. The molecule has 0 saturated carbocycles. The summed E-state index contributed by atoms with van der Waals surface area (Å²) < 4.78 is 5.15. The van der Waals surface area contributed by atoms with Crippen LogP contribution in [0.4, 0.5) is 5.82 Å². The molecule has 2 fully saturated rings. The molecule has 2 N–H and O–H groups in total. The molecule has 0 radical (unpaired) electrons. The van der Waals surface area contributed by atoms with Crippen molar-refractivity contribution in [2.24, 2.45) is 11.1 Å². The lowest BCUT2D eigenvalue weighted by Gasteiger charge is -2.39. The lowest BCUT2D eigenvalue weighted by molar-refractivity contribution is -0.145. The summed E-state index contributed by atoms with van der Waals surface area (Å²) in [6, 6.07) is 1.92. The lowest BCUT2D eigenvalue weighted by atomic mass is 9.78. The van der Waals surface area contributed by atoms with E-state index in [9.17, 15) is 9.59 Å². The Labute approximate surface area is 159 Å². The zero-order chi connectivity index (χ0) is 19.0. The van der Waals surface area contributed by atoms with Crippen molar-refractivity contribution in [3.63, 3.8) is 0 Å². The average molecular weight is 372 g/mol. The summed E-state index contributed by atoms with van der Waals surface area (Å²) in [4.78, 5) is 34.1. The third-order valence-corrected chi connectivity index (χ3v) is 6.34. The first-order valence-electron chi connectivity index (χ1n) is 9.90. The number of pyridine rings is 1. The number of carbonyl (C=O) groups excluding carboxylic acids is 2. The van der Waals surface area contributed by atoms with Crippen LogP contribution in [0.25, 0.3) is 0 Å². The second-order valence-electron chi connectivity index (χ2n) is 8.02. The van der Waals surface area contributed by atoms with E-state index in [1.807, 2.05) is 11.0 Å². The van der Waals surface area contributed by atoms with Gasteiger partial charge in [0.05, 0.1) is 17.6 Å². The topological polar surface area (TPSA) is 88.8 Å². The van der Waals surface area contributed by atoms with E-state index >= 15 is 0 Å². The van der Waals surface area contributed by atoms with Gasteiger partial charge < -0.3 is 20.3 Å². The highest BCUT2D eigenvalue weighted by Gasteiger charge is 2.49. The molecule has 1 spiro atoms. The van der Waals surface area contributed by atoms with E-state index in [1.165, 1.54) is 0 Å². The molecule has 1 aliphatic carbocycles. The van der Waals surface area contributed by atoms with Crippen LogP contribution < -0.4 is 10.6 Å². The fourth-order valence-electron chi connectivity index (χ4n) is 4.88. The van der Waals surface area contributed by atoms with Crippen molar-refractivity contribution in [1.29, 1.82) is 0 Å². The number of nitrogens with two attached hydrogens (primary N) is 1. The SMILES string of the molecule is COCCN1CCC[C@@]2(CCN(c3nc4c(cc3C(N)=O)CCC4)C2)C1=O. The number of carbonyl (C=O) groups is 2. The van der Waals surface area contributed by atoms with Crippen molar-refractivity contribution in [3.05, 3.63) is 22.9 Å². The summed E-state index contributed by atoms with van der Waals surface area (Å²) in [7, 11) is 1.66. The predicted molar refractivity (Wildman–Crippen MR) is 102 cm³/mol. The second-order valence-corrected chi connectivity index (χ2v) is 8.02. The van der Waals surface area contributed by atoms with Crippen molar-refractivity contribution in [3.8, 4) is 0 Å². The van der Waals surface area contributed by atoms with Crippen molar-refractivity contribution in [2.45, 2.75) is 38.5 Å². The van der Waals surface area contributed by atoms with Gasteiger partial charge in [-0.05, 0) is 50.2 Å². The number of piperidine rings is 1. The highest BCUT2D eigenvalue weighted by molar-refractivity contribution is 5.98.